The van der Waals surface area contributed by atoms with Gasteiger partial charge in [0, 0.05) is 44.9 Å². The first-order chi connectivity index (χ1) is 9.85. The van der Waals surface area contributed by atoms with Gasteiger partial charge in [-0.3, -0.25) is 4.99 Å². The van der Waals surface area contributed by atoms with Crippen LogP contribution < -0.4 is 10.6 Å². The Balaban J connectivity index is 0. The van der Waals surface area contributed by atoms with Crippen molar-refractivity contribution in [3.05, 3.63) is 12.7 Å². The normalized spacial score (nSPS) is 10.9. The molecule has 0 aromatic rings. The average molecular weight is 431 g/mol. The lowest BCUT2D eigenvalue weighted by Crippen LogP contribution is -2.38. The summed E-state index contributed by atoms with van der Waals surface area (Å²) in [6.45, 7) is 10.3. The fourth-order valence-corrected chi connectivity index (χ4v) is 1.93. The topological polar surface area (TPSA) is 54.9 Å². The highest BCUT2D eigenvalue weighted by atomic mass is 127. The van der Waals surface area contributed by atoms with Crippen LogP contribution in [-0.4, -0.2) is 64.0 Å². The van der Waals surface area contributed by atoms with E-state index in [0.29, 0.717) is 13.2 Å². The van der Waals surface area contributed by atoms with Crippen molar-refractivity contribution in [2.75, 3.05) is 58.1 Å². The second-order valence-electron chi connectivity index (χ2n) is 4.01. The Kier molecular flexibility index (Phi) is 22.2. The molecule has 0 aromatic heterocycles. The molecule has 126 valence electrons. The molecule has 7 heteroatoms. The zero-order valence-electron chi connectivity index (χ0n) is 13.2. The second kappa shape index (κ2) is 20.0. The van der Waals surface area contributed by atoms with Gasteiger partial charge in [0.15, 0.2) is 5.96 Å². The summed E-state index contributed by atoms with van der Waals surface area (Å²) < 4.78 is 10.3. The van der Waals surface area contributed by atoms with Crippen LogP contribution >= 0.6 is 35.7 Å². The van der Waals surface area contributed by atoms with Crippen LogP contribution in [0.25, 0.3) is 0 Å². The predicted molar refractivity (Wildman–Crippen MR) is 104 cm³/mol. The number of hydrogen-bond acceptors (Lipinski definition) is 4. The predicted octanol–water partition coefficient (Wildman–Crippen LogP) is 2.13. The van der Waals surface area contributed by atoms with Crippen LogP contribution in [0.15, 0.2) is 17.6 Å². The van der Waals surface area contributed by atoms with Crippen LogP contribution in [0.5, 0.6) is 0 Å². The number of methoxy groups -OCH3 is 1. The molecule has 0 unspecified atom stereocenters. The van der Waals surface area contributed by atoms with Gasteiger partial charge in [0.25, 0.3) is 0 Å². The van der Waals surface area contributed by atoms with Gasteiger partial charge in [-0.05, 0) is 13.3 Å². The molecular weight excluding hydrogens is 401 g/mol. The van der Waals surface area contributed by atoms with Gasteiger partial charge in [0.2, 0.25) is 0 Å². The SMILES string of the molecule is C=CCSCCNC(=NCCCOCCOC)NCC.I. The molecule has 2 N–H and O–H groups in total. The molecule has 0 bridgehead atoms. The minimum atomic E-state index is 0. The lowest BCUT2D eigenvalue weighted by atomic mass is 10.4. The van der Waals surface area contributed by atoms with Crippen molar-refractivity contribution in [1.82, 2.24) is 10.6 Å². The van der Waals surface area contributed by atoms with E-state index in [1.807, 2.05) is 17.8 Å². The number of guanidine groups is 1. The van der Waals surface area contributed by atoms with Crippen molar-refractivity contribution in [3.63, 3.8) is 0 Å². The molecule has 0 saturated carbocycles. The average Bonchev–Trinajstić information content (AvgIpc) is 2.46. The molecule has 0 heterocycles. The van der Waals surface area contributed by atoms with Crippen LogP contribution in [0.2, 0.25) is 0 Å². The van der Waals surface area contributed by atoms with Gasteiger partial charge < -0.3 is 20.1 Å². The third kappa shape index (κ3) is 18.0. The number of nitrogens with one attached hydrogen (secondary N) is 2. The maximum Gasteiger partial charge on any atom is 0.191 e. The summed E-state index contributed by atoms with van der Waals surface area (Å²) in [5.74, 6) is 2.92. The van der Waals surface area contributed by atoms with E-state index in [-0.39, 0.29) is 24.0 Å². The first kappa shape index (κ1) is 23.3. The van der Waals surface area contributed by atoms with E-state index in [1.165, 1.54) is 0 Å². The summed E-state index contributed by atoms with van der Waals surface area (Å²) >= 11 is 1.86. The molecule has 0 saturated heterocycles. The first-order valence-corrected chi connectivity index (χ1v) is 8.28. The Morgan fingerprint density at radius 3 is 2.76 bits per heavy atom. The van der Waals surface area contributed by atoms with Gasteiger partial charge in [-0.2, -0.15) is 11.8 Å². The van der Waals surface area contributed by atoms with Gasteiger partial charge in [-0.1, -0.05) is 6.08 Å². The van der Waals surface area contributed by atoms with E-state index in [2.05, 4.69) is 29.1 Å². The number of aliphatic imine (C=N–C) groups is 1. The zero-order valence-corrected chi connectivity index (χ0v) is 16.4. The Morgan fingerprint density at radius 1 is 1.29 bits per heavy atom. The molecule has 5 nitrogen and oxygen atoms in total. The lowest BCUT2D eigenvalue weighted by molar-refractivity contribution is 0.0702. The Hall–Kier alpha value is 0.0100. The molecule has 0 atom stereocenters. The number of hydrogen-bond donors (Lipinski definition) is 2. The molecule has 0 aliphatic heterocycles. The number of ether oxygens (including phenoxy) is 2. The smallest absolute Gasteiger partial charge is 0.191 e. The molecule has 0 fully saturated rings. The Labute approximate surface area is 150 Å². The lowest BCUT2D eigenvalue weighted by Gasteiger charge is -2.10. The van der Waals surface area contributed by atoms with Gasteiger partial charge in [-0.25, -0.2) is 0 Å². The summed E-state index contributed by atoms with van der Waals surface area (Å²) in [6, 6.07) is 0. The van der Waals surface area contributed by atoms with E-state index in [1.54, 1.807) is 7.11 Å². The van der Waals surface area contributed by atoms with Crippen molar-refractivity contribution in [2.45, 2.75) is 13.3 Å². The Morgan fingerprint density at radius 2 is 2.10 bits per heavy atom. The molecule has 0 rings (SSSR count). The minimum Gasteiger partial charge on any atom is -0.382 e. The van der Waals surface area contributed by atoms with Gasteiger partial charge in [0.1, 0.15) is 0 Å². The third-order valence-electron chi connectivity index (χ3n) is 2.27. The molecule has 0 amide bonds. The molecule has 0 spiro atoms. The largest absolute Gasteiger partial charge is 0.382 e. The van der Waals surface area contributed by atoms with Crippen LogP contribution in [0, 0.1) is 0 Å². The highest BCUT2D eigenvalue weighted by molar-refractivity contribution is 14.0. The van der Waals surface area contributed by atoms with E-state index < -0.39 is 0 Å². The van der Waals surface area contributed by atoms with Gasteiger partial charge in [0.05, 0.1) is 13.2 Å². The first-order valence-electron chi connectivity index (χ1n) is 7.12. The van der Waals surface area contributed by atoms with Crippen LogP contribution in [0.1, 0.15) is 13.3 Å². The summed E-state index contributed by atoms with van der Waals surface area (Å²) in [5, 5.41) is 6.55. The molecule has 0 aliphatic carbocycles. The van der Waals surface area contributed by atoms with Crippen LogP contribution in [0.3, 0.4) is 0 Å². The van der Waals surface area contributed by atoms with Crippen LogP contribution in [-0.2, 0) is 9.47 Å². The molecule has 21 heavy (non-hydrogen) atoms. The fourth-order valence-electron chi connectivity index (χ4n) is 1.35. The zero-order chi connectivity index (χ0) is 14.9. The van der Waals surface area contributed by atoms with Crippen molar-refractivity contribution in [3.8, 4) is 0 Å². The number of halogens is 1. The van der Waals surface area contributed by atoms with E-state index in [4.69, 9.17) is 9.47 Å². The quantitative estimate of drug-likeness (QED) is 0.154. The molecule has 0 aromatic carbocycles. The van der Waals surface area contributed by atoms with Gasteiger partial charge in [-0.15, -0.1) is 30.6 Å². The van der Waals surface area contributed by atoms with E-state index >= 15 is 0 Å². The highest BCUT2D eigenvalue weighted by Crippen LogP contribution is 1.96. The molecule has 0 aliphatic rings. The number of thioether (sulfide) groups is 1. The van der Waals surface area contributed by atoms with Crippen molar-refractivity contribution in [1.29, 1.82) is 0 Å². The standard InChI is InChI=1S/C14H29N3O2S.HI/c1-4-12-20-13-8-17-14(15-5-2)16-7-6-9-19-11-10-18-3;/h4H,1,5-13H2,2-3H3,(H2,15,16,17);1H. The van der Waals surface area contributed by atoms with Crippen molar-refractivity contribution in [2.24, 2.45) is 4.99 Å². The summed E-state index contributed by atoms with van der Waals surface area (Å²) in [4.78, 5) is 4.50. The monoisotopic (exact) mass is 431 g/mol. The third-order valence-corrected chi connectivity index (χ3v) is 3.23. The summed E-state index contributed by atoms with van der Waals surface area (Å²) in [6.07, 6.45) is 2.85. The Bertz CT molecular complexity index is 256. The van der Waals surface area contributed by atoms with Crippen molar-refractivity contribution >= 4 is 41.7 Å². The van der Waals surface area contributed by atoms with Gasteiger partial charge >= 0.3 is 0 Å². The second-order valence-corrected chi connectivity index (χ2v) is 5.16. The van der Waals surface area contributed by atoms with E-state index in [0.717, 1.165) is 50.1 Å². The van der Waals surface area contributed by atoms with Crippen LogP contribution in [0.4, 0.5) is 0 Å². The molecule has 0 radical (unpaired) electrons. The maximum absolute atomic E-state index is 5.39. The number of rotatable bonds is 13. The minimum absolute atomic E-state index is 0. The fraction of sp³-hybridized carbons (Fsp3) is 0.786. The maximum atomic E-state index is 5.39. The summed E-state index contributed by atoms with van der Waals surface area (Å²) in [5.41, 5.74) is 0. The van der Waals surface area contributed by atoms with Crippen molar-refractivity contribution < 1.29 is 9.47 Å². The summed E-state index contributed by atoms with van der Waals surface area (Å²) in [7, 11) is 1.68. The van der Waals surface area contributed by atoms with E-state index in [9.17, 15) is 0 Å². The molecular formula is C14H30IN3O2S. The highest BCUT2D eigenvalue weighted by Gasteiger charge is 1.96. The number of nitrogens with zero attached hydrogens (tertiary/aromatic N) is 1.